The fourth-order valence-electron chi connectivity index (χ4n) is 2.48. The molecule has 0 spiro atoms. The number of nitrogens with one attached hydrogen (secondary N) is 2. The largest absolute Gasteiger partial charge is 0.491 e. The average molecular weight is 494 g/mol. The van der Waals surface area contributed by atoms with Crippen molar-refractivity contribution >= 4 is 24.8 Å². The second-order valence-corrected chi connectivity index (χ2v) is 9.57. The molecule has 0 unspecified atom stereocenters. The minimum Gasteiger partial charge on any atom is -0.444 e. The second-order valence-electron chi connectivity index (χ2n) is 9.57. The van der Waals surface area contributed by atoms with Gasteiger partial charge in [-0.15, -0.1) is 0 Å². The SMILES string of the molecule is CC(C)(C)OC(=O)NCc1ccc(F)c(B(O)O)c1.CC(C)(C)OC(=O)NCc1ccc(F)cc1. The summed E-state index contributed by atoms with van der Waals surface area (Å²) in [6, 6.07) is 9.77. The molecule has 35 heavy (non-hydrogen) atoms. The van der Waals surface area contributed by atoms with E-state index in [0.717, 1.165) is 11.6 Å². The Kier molecular flexibility index (Phi) is 11.1. The predicted molar refractivity (Wildman–Crippen MR) is 129 cm³/mol. The summed E-state index contributed by atoms with van der Waals surface area (Å²) in [6.07, 6.45) is -1.07. The van der Waals surface area contributed by atoms with Gasteiger partial charge >= 0.3 is 19.3 Å². The van der Waals surface area contributed by atoms with Gasteiger partial charge in [0.15, 0.2) is 0 Å². The first kappa shape index (κ1) is 29.9. The van der Waals surface area contributed by atoms with E-state index in [0.29, 0.717) is 12.1 Å². The van der Waals surface area contributed by atoms with Gasteiger partial charge in [-0.05, 0) is 70.9 Å². The topological polar surface area (TPSA) is 117 Å². The monoisotopic (exact) mass is 494 g/mol. The van der Waals surface area contributed by atoms with Crippen molar-refractivity contribution < 1.29 is 37.9 Å². The Morgan fingerprint density at radius 2 is 1.23 bits per heavy atom. The van der Waals surface area contributed by atoms with Gasteiger partial charge in [0.2, 0.25) is 0 Å². The Morgan fingerprint density at radius 3 is 1.66 bits per heavy atom. The molecule has 0 fully saturated rings. The first-order valence-corrected chi connectivity index (χ1v) is 10.9. The number of amides is 2. The van der Waals surface area contributed by atoms with Gasteiger partial charge in [-0.3, -0.25) is 0 Å². The Bertz CT molecular complexity index is 973. The standard InChI is InChI=1S/C12H17BFNO4.C12H16FNO2/c1-12(2,3)19-11(16)15-7-8-4-5-10(14)9(6-8)13(17)18;1-12(2,3)16-11(15)14-8-9-4-6-10(13)7-5-9/h4-6,17-18H,7H2,1-3H3,(H,15,16);4-7H,8H2,1-3H3,(H,14,15). The van der Waals surface area contributed by atoms with Crippen LogP contribution in [0.15, 0.2) is 42.5 Å². The number of carbonyl (C=O) groups is 2. The molecule has 0 saturated heterocycles. The quantitative estimate of drug-likeness (QED) is 0.474. The summed E-state index contributed by atoms with van der Waals surface area (Å²) in [7, 11) is -1.89. The van der Waals surface area contributed by atoms with Crippen molar-refractivity contribution in [1.29, 1.82) is 0 Å². The van der Waals surface area contributed by atoms with Crippen molar-refractivity contribution in [2.45, 2.75) is 65.8 Å². The lowest BCUT2D eigenvalue weighted by atomic mass is 9.79. The van der Waals surface area contributed by atoms with Gasteiger partial charge in [0.05, 0.1) is 0 Å². The number of ether oxygens (including phenoxy) is 2. The van der Waals surface area contributed by atoms with E-state index >= 15 is 0 Å². The highest BCUT2D eigenvalue weighted by atomic mass is 19.1. The zero-order valence-corrected chi connectivity index (χ0v) is 20.8. The molecule has 192 valence electrons. The summed E-state index contributed by atoms with van der Waals surface area (Å²) in [4.78, 5) is 22.7. The first-order valence-electron chi connectivity index (χ1n) is 10.9. The molecule has 2 aromatic carbocycles. The Hall–Kier alpha value is -3.18. The molecular weight excluding hydrogens is 461 g/mol. The van der Waals surface area contributed by atoms with Crippen LogP contribution in [-0.4, -0.2) is 40.6 Å². The van der Waals surface area contributed by atoms with Crippen molar-refractivity contribution in [2.24, 2.45) is 0 Å². The third kappa shape index (κ3) is 13.3. The van der Waals surface area contributed by atoms with E-state index in [1.165, 1.54) is 24.3 Å². The minimum absolute atomic E-state index is 0.106. The van der Waals surface area contributed by atoms with Crippen molar-refractivity contribution in [3.8, 4) is 0 Å². The van der Waals surface area contributed by atoms with Crippen molar-refractivity contribution in [3.05, 3.63) is 65.2 Å². The summed E-state index contributed by atoms with van der Waals surface area (Å²) in [5, 5.41) is 23.0. The summed E-state index contributed by atoms with van der Waals surface area (Å²) in [5.74, 6) is -1.00. The van der Waals surface area contributed by atoms with Gasteiger partial charge in [-0.25, -0.2) is 18.4 Å². The maximum atomic E-state index is 13.2. The molecule has 11 heteroatoms. The van der Waals surface area contributed by atoms with E-state index in [2.05, 4.69) is 10.6 Å². The lowest BCUT2D eigenvalue weighted by molar-refractivity contribution is 0.0512. The van der Waals surface area contributed by atoms with Gasteiger partial charge in [-0.1, -0.05) is 24.3 Å². The number of hydrogen-bond donors (Lipinski definition) is 4. The smallest absolute Gasteiger partial charge is 0.444 e. The summed E-state index contributed by atoms with van der Waals surface area (Å²) >= 11 is 0. The molecule has 2 aromatic rings. The van der Waals surface area contributed by atoms with E-state index in [-0.39, 0.29) is 17.8 Å². The molecule has 0 bridgehead atoms. The van der Waals surface area contributed by atoms with Crippen LogP contribution < -0.4 is 16.1 Å². The average Bonchev–Trinajstić information content (AvgIpc) is 2.70. The van der Waals surface area contributed by atoms with E-state index in [4.69, 9.17) is 19.5 Å². The Balaban J connectivity index is 0.000000355. The van der Waals surface area contributed by atoms with Crippen molar-refractivity contribution in [2.75, 3.05) is 0 Å². The van der Waals surface area contributed by atoms with E-state index in [1.54, 1.807) is 53.7 Å². The van der Waals surface area contributed by atoms with Gasteiger partial charge in [0.25, 0.3) is 0 Å². The van der Waals surface area contributed by atoms with Crippen LogP contribution in [0.25, 0.3) is 0 Å². The predicted octanol–water partition coefficient (Wildman–Crippen LogP) is 3.38. The number of carbonyl (C=O) groups excluding carboxylic acids is 2. The molecular formula is C24H33BF2N2O6. The third-order valence-electron chi connectivity index (χ3n) is 3.92. The first-order chi connectivity index (χ1) is 16.1. The van der Waals surface area contributed by atoms with Gasteiger partial charge in [0.1, 0.15) is 22.8 Å². The number of benzene rings is 2. The maximum absolute atomic E-state index is 13.2. The lowest BCUT2D eigenvalue weighted by Gasteiger charge is -2.19. The summed E-state index contributed by atoms with van der Waals surface area (Å²) < 4.78 is 35.9. The normalized spacial score (nSPS) is 11.0. The molecule has 0 atom stereocenters. The third-order valence-corrected chi connectivity index (χ3v) is 3.92. The zero-order chi connectivity index (χ0) is 26.8. The lowest BCUT2D eigenvalue weighted by Crippen LogP contribution is -2.34. The number of halogens is 2. The fraction of sp³-hybridized carbons (Fsp3) is 0.417. The molecule has 8 nitrogen and oxygen atoms in total. The van der Waals surface area contributed by atoms with Gasteiger partial charge in [0, 0.05) is 18.6 Å². The molecule has 2 rings (SSSR count). The molecule has 2 amide bonds. The van der Waals surface area contributed by atoms with Crippen LogP contribution in [0.5, 0.6) is 0 Å². The highest BCUT2D eigenvalue weighted by Crippen LogP contribution is 2.08. The second kappa shape index (κ2) is 13.1. The van der Waals surface area contributed by atoms with Crippen molar-refractivity contribution in [1.82, 2.24) is 10.6 Å². The van der Waals surface area contributed by atoms with Gasteiger partial charge < -0.3 is 30.2 Å². The van der Waals surface area contributed by atoms with E-state index < -0.39 is 36.3 Å². The minimum atomic E-state index is -1.89. The van der Waals surface area contributed by atoms with Crippen LogP contribution >= 0.6 is 0 Å². The highest BCUT2D eigenvalue weighted by Gasteiger charge is 2.18. The van der Waals surface area contributed by atoms with E-state index in [9.17, 15) is 18.4 Å². The van der Waals surface area contributed by atoms with Gasteiger partial charge in [-0.2, -0.15) is 0 Å². The number of hydrogen-bond acceptors (Lipinski definition) is 6. The number of rotatable bonds is 5. The summed E-state index contributed by atoms with van der Waals surface area (Å²) in [5.41, 5.74) is 0.0257. The van der Waals surface area contributed by atoms with Crippen LogP contribution in [0, 0.1) is 11.6 Å². The fourth-order valence-corrected chi connectivity index (χ4v) is 2.48. The molecule has 0 aromatic heterocycles. The van der Waals surface area contributed by atoms with Crippen LogP contribution in [0.2, 0.25) is 0 Å². The van der Waals surface area contributed by atoms with E-state index in [1.807, 2.05) is 0 Å². The Morgan fingerprint density at radius 1 is 0.800 bits per heavy atom. The maximum Gasteiger partial charge on any atom is 0.491 e. The molecule has 0 radical (unpaired) electrons. The molecule has 0 aliphatic carbocycles. The molecule has 0 aliphatic rings. The summed E-state index contributed by atoms with van der Waals surface area (Å²) in [6.45, 7) is 11.0. The zero-order valence-electron chi connectivity index (χ0n) is 20.8. The molecule has 0 heterocycles. The Labute approximate surface area is 204 Å². The molecule has 0 saturated carbocycles. The van der Waals surface area contributed by atoms with Crippen LogP contribution in [-0.2, 0) is 22.6 Å². The highest BCUT2D eigenvalue weighted by molar-refractivity contribution is 6.58. The van der Waals surface area contributed by atoms with Crippen LogP contribution in [0.4, 0.5) is 18.4 Å². The van der Waals surface area contributed by atoms with Crippen molar-refractivity contribution in [3.63, 3.8) is 0 Å². The van der Waals surface area contributed by atoms with Crippen LogP contribution in [0.1, 0.15) is 52.7 Å². The number of alkyl carbamates (subject to hydrolysis) is 2. The molecule has 4 N–H and O–H groups in total. The molecule has 0 aliphatic heterocycles. The van der Waals surface area contributed by atoms with Crippen LogP contribution in [0.3, 0.4) is 0 Å².